The number of halogens is 1. The third-order valence-electron chi connectivity index (χ3n) is 3.36. The van der Waals surface area contributed by atoms with E-state index in [-0.39, 0.29) is 24.1 Å². The zero-order chi connectivity index (χ0) is 14.7. The molecule has 1 aromatic carbocycles. The largest absolute Gasteiger partial charge is 0.354 e. The molecule has 1 aromatic rings. The van der Waals surface area contributed by atoms with Crippen LogP contribution in [0.5, 0.6) is 0 Å². The predicted molar refractivity (Wildman–Crippen MR) is 78.2 cm³/mol. The van der Waals surface area contributed by atoms with Gasteiger partial charge in [-0.3, -0.25) is 14.9 Å². The summed E-state index contributed by atoms with van der Waals surface area (Å²) in [4.78, 5) is 22.0. The van der Waals surface area contributed by atoms with Gasteiger partial charge in [0.25, 0.3) is 5.69 Å². The van der Waals surface area contributed by atoms with Gasteiger partial charge in [0.15, 0.2) is 0 Å². The van der Waals surface area contributed by atoms with Crippen LogP contribution in [0.15, 0.2) is 22.7 Å². The minimum atomic E-state index is -0.469. The number of nitrogens with zero attached hydrogens (tertiary/aromatic N) is 1. The number of nitro benzene ring substituents is 1. The zero-order valence-electron chi connectivity index (χ0n) is 10.8. The van der Waals surface area contributed by atoms with Crippen LogP contribution in [0.25, 0.3) is 0 Å². The van der Waals surface area contributed by atoms with Crippen LogP contribution < -0.4 is 11.1 Å². The summed E-state index contributed by atoms with van der Waals surface area (Å²) in [7, 11) is 0. The van der Waals surface area contributed by atoms with E-state index >= 15 is 0 Å². The molecule has 1 fully saturated rings. The number of carbonyl (C=O) groups excluding carboxylic acids is 1. The van der Waals surface area contributed by atoms with Crippen LogP contribution in [-0.2, 0) is 11.2 Å². The molecule has 0 aliphatic heterocycles. The first-order valence-corrected chi connectivity index (χ1v) is 7.21. The molecular weight excluding hydrogens is 326 g/mol. The number of benzene rings is 1. The number of rotatable bonds is 6. The first-order chi connectivity index (χ1) is 9.47. The van der Waals surface area contributed by atoms with E-state index in [9.17, 15) is 14.9 Å². The second kappa shape index (κ2) is 6.32. The molecule has 0 bridgehead atoms. The number of nitrogens with one attached hydrogen (secondary N) is 1. The van der Waals surface area contributed by atoms with E-state index in [0.29, 0.717) is 22.5 Å². The smallest absolute Gasteiger partial charge is 0.270 e. The van der Waals surface area contributed by atoms with E-state index in [1.54, 1.807) is 6.07 Å². The Kier molecular flexibility index (Phi) is 4.72. The molecule has 1 saturated carbocycles. The molecule has 1 atom stereocenters. The Bertz CT molecular complexity index is 532. The highest BCUT2D eigenvalue weighted by atomic mass is 79.9. The van der Waals surface area contributed by atoms with Crippen molar-refractivity contribution in [3.63, 3.8) is 0 Å². The van der Waals surface area contributed by atoms with Gasteiger partial charge in [-0.25, -0.2) is 0 Å². The van der Waals surface area contributed by atoms with Gasteiger partial charge in [0, 0.05) is 29.2 Å². The van der Waals surface area contributed by atoms with Gasteiger partial charge in [-0.05, 0) is 24.3 Å². The van der Waals surface area contributed by atoms with Crippen molar-refractivity contribution in [3.8, 4) is 0 Å². The van der Waals surface area contributed by atoms with Crippen LogP contribution in [0.1, 0.15) is 18.4 Å². The minimum absolute atomic E-state index is 0.00297. The van der Waals surface area contributed by atoms with Crippen molar-refractivity contribution in [2.75, 3.05) is 6.54 Å². The molecular formula is C13H16BrN3O3. The number of nitro groups is 1. The van der Waals surface area contributed by atoms with Gasteiger partial charge in [0.1, 0.15) is 0 Å². The quantitative estimate of drug-likeness (QED) is 0.608. The second-order valence-electron chi connectivity index (χ2n) is 5.01. The van der Waals surface area contributed by atoms with E-state index in [4.69, 9.17) is 5.73 Å². The van der Waals surface area contributed by atoms with Gasteiger partial charge in [0.05, 0.1) is 11.3 Å². The van der Waals surface area contributed by atoms with Crippen LogP contribution >= 0.6 is 15.9 Å². The van der Waals surface area contributed by atoms with Crippen molar-refractivity contribution in [3.05, 3.63) is 38.3 Å². The zero-order valence-corrected chi connectivity index (χ0v) is 12.4. The van der Waals surface area contributed by atoms with E-state index < -0.39 is 4.92 Å². The summed E-state index contributed by atoms with van der Waals surface area (Å²) in [6, 6.07) is 4.41. The maximum atomic E-state index is 11.8. The SMILES string of the molecule is NC(CNC(=O)Cc1ccc([N+](=O)[O-])cc1Br)C1CC1. The summed E-state index contributed by atoms with van der Waals surface area (Å²) >= 11 is 3.25. The van der Waals surface area contributed by atoms with Gasteiger partial charge >= 0.3 is 0 Å². The van der Waals surface area contributed by atoms with E-state index in [0.717, 1.165) is 12.8 Å². The van der Waals surface area contributed by atoms with Gasteiger partial charge in [-0.15, -0.1) is 0 Å². The Morgan fingerprint density at radius 2 is 2.25 bits per heavy atom. The highest BCUT2D eigenvalue weighted by Gasteiger charge is 2.28. The molecule has 1 aliphatic carbocycles. The molecule has 6 nitrogen and oxygen atoms in total. The molecule has 0 radical (unpaired) electrons. The lowest BCUT2D eigenvalue weighted by Gasteiger charge is -2.12. The van der Waals surface area contributed by atoms with Crippen LogP contribution in [0.4, 0.5) is 5.69 Å². The van der Waals surface area contributed by atoms with E-state index in [1.165, 1.54) is 12.1 Å². The molecule has 20 heavy (non-hydrogen) atoms. The summed E-state index contributed by atoms with van der Waals surface area (Å²) in [5.41, 5.74) is 6.62. The Morgan fingerprint density at radius 3 is 2.80 bits per heavy atom. The highest BCUT2D eigenvalue weighted by Crippen LogP contribution is 2.31. The van der Waals surface area contributed by atoms with Crippen LogP contribution in [0, 0.1) is 16.0 Å². The number of carbonyl (C=O) groups is 1. The Labute approximate surface area is 125 Å². The molecule has 2 rings (SSSR count). The predicted octanol–water partition coefficient (Wildman–Crippen LogP) is 1.75. The van der Waals surface area contributed by atoms with Crippen LogP contribution in [-0.4, -0.2) is 23.4 Å². The maximum Gasteiger partial charge on any atom is 0.270 e. The van der Waals surface area contributed by atoms with Crippen LogP contribution in [0.2, 0.25) is 0 Å². The summed E-state index contributed by atoms with van der Waals surface area (Å²) < 4.78 is 0.563. The summed E-state index contributed by atoms with van der Waals surface area (Å²) in [5.74, 6) is 0.414. The van der Waals surface area contributed by atoms with Crippen molar-refractivity contribution < 1.29 is 9.72 Å². The second-order valence-corrected chi connectivity index (χ2v) is 5.87. The van der Waals surface area contributed by atoms with E-state index in [2.05, 4.69) is 21.2 Å². The molecule has 0 heterocycles. The van der Waals surface area contributed by atoms with Gasteiger partial charge in [0.2, 0.25) is 5.91 Å². The number of nitrogens with two attached hydrogens (primary N) is 1. The van der Waals surface area contributed by atoms with Gasteiger partial charge < -0.3 is 11.1 Å². The number of hydrogen-bond acceptors (Lipinski definition) is 4. The Balaban J connectivity index is 1.88. The molecule has 0 saturated heterocycles. The molecule has 1 aliphatic rings. The molecule has 0 aromatic heterocycles. The lowest BCUT2D eigenvalue weighted by Crippen LogP contribution is -2.39. The molecule has 0 spiro atoms. The van der Waals surface area contributed by atoms with Crippen molar-refractivity contribution in [1.29, 1.82) is 0 Å². The third kappa shape index (κ3) is 4.01. The maximum absolute atomic E-state index is 11.8. The fraction of sp³-hybridized carbons (Fsp3) is 0.462. The Hall–Kier alpha value is -1.47. The topological polar surface area (TPSA) is 98.3 Å². The first kappa shape index (κ1) is 14.9. The molecule has 1 unspecified atom stereocenters. The number of amides is 1. The monoisotopic (exact) mass is 341 g/mol. The lowest BCUT2D eigenvalue weighted by atomic mass is 10.1. The third-order valence-corrected chi connectivity index (χ3v) is 4.10. The average molecular weight is 342 g/mol. The molecule has 7 heteroatoms. The number of non-ortho nitro benzene ring substituents is 1. The van der Waals surface area contributed by atoms with Crippen molar-refractivity contribution in [1.82, 2.24) is 5.32 Å². The average Bonchev–Trinajstić information content (AvgIpc) is 3.22. The fourth-order valence-corrected chi connectivity index (χ4v) is 2.46. The standard InChI is InChI=1S/C13H16BrN3O3/c14-11-6-10(17(19)20)4-3-9(11)5-13(18)16-7-12(15)8-1-2-8/h3-4,6,8,12H,1-2,5,7,15H2,(H,16,18). The van der Waals surface area contributed by atoms with E-state index in [1.807, 2.05) is 0 Å². The van der Waals surface area contributed by atoms with Crippen LogP contribution in [0.3, 0.4) is 0 Å². The molecule has 108 valence electrons. The van der Waals surface area contributed by atoms with Gasteiger partial charge in [-0.2, -0.15) is 0 Å². The summed E-state index contributed by atoms with van der Waals surface area (Å²) in [6.45, 7) is 0.480. The van der Waals surface area contributed by atoms with Crippen molar-refractivity contribution >= 4 is 27.5 Å². The first-order valence-electron chi connectivity index (χ1n) is 6.42. The van der Waals surface area contributed by atoms with Crippen molar-refractivity contribution in [2.24, 2.45) is 11.7 Å². The molecule has 3 N–H and O–H groups in total. The fourth-order valence-electron chi connectivity index (χ4n) is 1.95. The lowest BCUT2D eigenvalue weighted by molar-refractivity contribution is -0.384. The van der Waals surface area contributed by atoms with Crippen molar-refractivity contribution in [2.45, 2.75) is 25.3 Å². The number of hydrogen-bond donors (Lipinski definition) is 2. The highest BCUT2D eigenvalue weighted by molar-refractivity contribution is 9.10. The van der Waals surface area contributed by atoms with Gasteiger partial charge in [-0.1, -0.05) is 22.0 Å². The molecule has 1 amide bonds. The minimum Gasteiger partial charge on any atom is -0.354 e. The Morgan fingerprint density at radius 1 is 1.55 bits per heavy atom. The summed E-state index contributed by atoms with van der Waals surface area (Å²) in [5, 5.41) is 13.4. The summed E-state index contributed by atoms with van der Waals surface area (Å²) in [6.07, 6.45) is 2.46. The normalized spacial score (nSPS) is 15.7.